The number of thiazole rings is 1. The molecule has 1 heterocycles. The van der Waals surface area contributed by atoms with Gasteiger partial charge in [-0.1, -0.05) is 23.8 Å². The standard InChI is InChI=1S/C14H18N2S/c1-10-4-5-13(11(2)6-10)7-15-8-14-9-17-12(3)16-14/h4-6,9,15H,7-8H2,1-3H3. The molecule has 0 atom stereocenters. The van der Waals surface area contributed by atoms with Gasteiger partial charge in [-0.05, 0) is 31.9 Å². The summed E-state index contributed by atoms with van der Waals surface area (Å²) in [6.07, 6.45) is 0. The minimum atomic E-state index is 0.845. The van der Waals surface area contributed by atoms with Crippen LogP contribution in [0.4, 0.5) is 0 Å². The third-order valence-corrected chi connectivity index (χ3v) is 3.61. The lowest BCUT2D eigenvalue weighted by atomic mass is 10.1. The van der Waals surface area contributed by atoms with Crippen molar-refractivity contribution < 1.29 is 0 Å². The molecule has 0 spiro atoms. The van der Waals surface area contributed by atoms with Gasteiger partial charge in [0.1, 0.15) is 0 Å². The Morgan fingerprint density at radius 2 is 2.00 bits per heavy atom. The second kappa shape index (κ2) is 5.43. The number of benzene rings is 1. The van der Waals surface area contributed by atoms with Crippen molar-refractivity contribution in [3.05, 3.63) is 51.0 Å². The first-order chi connectivity index (χ1) is 8.15. The van der Waals surface area contributed by atoms with E-state index in [0.717, 1.165) is 23.8 Å². The maximum Gasteiger partial charge on any atom is 0.0897 e. The van der Waals surface area contributed by atoms with Gasteiger partial charge in [-0.2, -0.15) is 0 Å². The lowest BCUT2D eigenvalue weighted by molar-refractivity contribution is 0.679. The lowest BCUT2D eigenvalue weighted by Gasteiger charge is -2.07. The molecule has 17 heavy (non-hydrogen) atoms. The highest BCUT2D eigenvalue weighted by Crippen LogP contribution is 2.11. The summed E-state index contributed by atoms with van der Waals surface area (Å²) in [6, 6.07) is 6.59. The number of rotatable bonds is 4. The van der Waals surface area contributed by atoms with Gasteiger partial charge in [-0.25, -0.2) is 4.98 Å². The molecule has 1 N–H and O–H groups in total. The largest absolute Gasteiger partial charge is 0.307 e. The summed E-state index contributed by atoms with van der Waals surface area (Å²) < 4.78 is 0. The van der Waals surface area contributed by atoms with Gasteiger partial charge in [0.2, 0.25) is 0 Å². The van der Waals surface area contributed by atoms with Crippen molar-refractivity contribution in [3.63, 3.8) is 0 Å². The van der Waals surface area contributed by atoms with Gasteiger partial charge in [-0.3, -0.25) is 0 Å². The van der Waals surface area contributed by atoms with Gasteiger partial charge < -0.3 is 5.32 Å². The smallest absolute Gasteiger partial charge is 0.0897 e. The fourth-order valence-electron chi connectivity index (χ4n) is 1.86. The highest BCUT2D eigenvalue weighted by atomic mass is 32.1. The summed E-state index contributed by atoms with van der Waals surface area (Å²) in [7, 11) is 0. The normalized spacial score (nSPS) is 10.8. The summed E-state index contributed by atoms with van der Waals surface area (Å²) in [5.41, 5.74) is 5.17. The van der Waals surface area contributed by atoms with Crippen LogP contribution in [-0.4, -0.2) is 4.98 Å². The predicted molar refractivity (Wildman–Crippen MR) is 73.3 cm³/mol. The molecular weight excluding hydrogens is 228 g/mol. The predicted octanol–water partition coefficient (Wildman–Crippen LogP) is 3.36. The molecule has 0 saturated heterocycles. The molecule has 2 nitrogen and oxygen atoms in total. The molecule has 0 amide bonds. The molecule has 3 heteroatoms. The highest BCUT2D eigenvalue weighted by molar-refractivity contribution is 7.09. The summed E-state index contributed by atoms with van der Waals surface area (Å²) in [5.74, 6) is 0. The average molecular weight is 246 g/mol. The van der Waals surface area contributed by atoms with Crippen molar-refractivity contribution in [2.75, 3.05) is 0 Å². The Hall–Kier alpha value is -1.19. The summed E-state index contributed by atoms with van der Waals surface area (Å²) in [4.78, 5) is 4.43. The van der Waals surface area contributed by atoms with Crippen LogP contribution in [0.3, 0.4) is 0 Å². The summed E-state index contributed by atoms with van der Waals surface area (Å²) in [5, 5.41) is 6.68. The van der Waals surface area contributed by atoms with Gasteiger partial charge in [0.25, 0.3) is 0 Å². The van der Waals surface area contributed by atoms with Crippen LogP contribution in [0.2, 0.25) is 0 Å². The zero-order valence-corrected chi connectivity index (χ0v) is 11.4. The molecular formula is C14H18N2S. The first-order valence-corrected chi connectivity index (χ1v) is 6.71. The zero-order chi connectivity index (χ0) is 12.3. The molecule has 0 fully saturated rings. The van der Waals surface area contributed by atoms with E-state index in [-0.39, 0.29) is 0 Å². The van der Waals surface area contributed by atoms with Gasteiger partial charge in [-0.15, -0.1) is 11.3 Å². The van der Waals surface area contributed by atoms with Crippen LogP contribution < -0.4 is 5.32 Å². The fraction of sp³-hybridized carbons (Fsp3) is 0.357. The van der Waals surface area contributed by atoms with Crippen LogP contribution in [0.25, 0.3) is 0 Å². The molecule has 0 unspecified atom stereocenters. The second-order valence-corrected chi connectivity index (χ2v) is 5.45. The summed E-state index contributed by atoms with van der Waals surface area (Å²) >= 11 is 1.70. The van der Waals surface area contributed by atoms with E-state index in [1.54, 1.807) is 11.3 Å². The minimum Gasteiger partial charge on any atom is -0.307 e. The van der Waals surface area contributed by atoms with Crippen LogP contribution in [0.5, 0.6) is 0 Å². The Morgan fingerprint density at radius 3 is 2.65 bits per heavy atom. The molecule has 0 aliphatic carbocycles. The topological polar surface area (TPSA) is 24.9 Å². The van der Waals surface area contributed by atoms with Crippen molar-refractivity contribution in [1.29, 1.82) is 0 Å². The minimum absolute atomic E-state index is 0.845. The fourth-order valence-corrected chi connectivity index (χ4v) is 2.47. The Kier molecular flexibility index (Phi) is 3.92. The van der Waals surface area contributed by atoms with Gasteiger partial charge in [0.15, 0.2) is 0 Å². The number of nitrogens with zero attached hydrogens (tertiary/aromatic N) is 1. The van der Waals surface area contributed by atoms with Crippen LogP contribution in [-0.2, 0) is 13.1 Å². The Morgan fingerprint density at radius 1 is 1.18 bits per heavy atom. The second-order valence-electron chi connectivity index (χ2n) is 4.39. The molecule has 0 aliphatic heterocycles. The van der Waals surface area contributed by atoms with Crippen molar-refractivity contribution in [3.8, 4) is 0 Å². The summed E-state index contributed by atoms with van der Waals surface area (Å²) in [6.45, 7) is 8.08. The van der Waals surface area contributed by atoms with Crippen molar-refractivity contribution in [2.45, 2.75) is 33.9 Å². The number of hydrogen-bond donors (Lipinski definition) is 1. The third kappa shape index (κ3) is 3.38. The Balaban J connectivity index is 1.90. The van der Waals surface area contributed by atoms with Crippen molar-refractivity contribution >= 4 is 11.3 Å². The average Bonchev–Trinajstić information content (AvgIpc) is 2.68. The first-order valence-electron chi connectivity index (χ1n) is 5.83. The lowest BCUT2D eigenvalue weighted by Crippen LogP contribution is -2.13. The van der Waals surface area contributed by atoms with E-state index in [9.17, 15) is 0 Å². The SMILES string of the molecule is Cc1ccc(CNCc2csc(C)n2)c(C)c1. The number of nitrogens with one attached hydrogen (secondary N) is 1. The maximum atomic E-state index is 4.43. The first kappa shape index (κ1) is 12.3. The molecule has 1 aromatic heterocycles. The number of hydrogen-bond acceptors (Lipinski definition) is 3. The Labute approximate surface area is 107 Å². The van der Waals surface area contributed by atoms with E-state index in [2.05, 4.69) is 47.7 Å². The number of aromatic nitrogens is 1. The number of aryl methyl sites for hydroxylation is 3. The molecule has 0 bridgehead atoms. The quantitative estimate of drug-likeness (QED) is 0.894. The van der Waals surface area contributed by atoms with Gasteiger partial charge in [0, 0.05) is 18.5 Å². The van der Waals surface area contributed by atoms with Crippen molar-refractivity contribution in [1.82, 2.24) is 10.3 Å². The van der Waals surface area contributed by atoms with E-state index < -0.39 is 0 Å². The molecule has 0 saturated carbocycles. The molecule has 1 aromatic carbocycles. The monoisotopic (exact) mass is 246 g/mol. The van der Waals surface area contributed by atoms with Gasteiger partial charge in [0.05, 0.1) is 10.7 Å². The zero-order valence-electron chi connectivity index (χ0n) is 10.6. The van der Waals surface area contributed by atoms with Crippen LogP contribution in [0, 0.1) is 20.8 Å². The van der Waals surface area contributed by atoms with Crippen LogP contribution >= 0.6 is 11.3 Å². The highest BCUT2D eigenvalue weighted by Gasteiger charge is 2.00. The maximum absolute atomic E-state index is 4.43. The van der Waals surface area contributed by atoms with Crippen molar-refractivity contribution in [2.24, 2.45) is 0 Å². The molecule has 0 radical (unpaired) electrons. The molecule has 2 aromatic rings. The Bertz CT molecular complexity index is 503. The van der Waals surface area contributed by atoms with Crippen LogP contribution in [0.1, 0.15) is 27.4 Å². The molecule has 2 rings (SSSR count). The van der Waals surface area contributed by atoms with E-state index >= 15 is 0 Å². The molecule has 90 valence electrons. The van der Waals surface area contributed by atoms with Gasteiger partial charge >= 0.3 is 0 Å². The van der Waals surface area contributed by atoms with E-state index in [1.165, 1.54) is 16.7 Å². The van der Waals surface area contributed by atoms with Crippen LogP contribution in [0.15, 0.2) is 23.6 Å². The third-order valence-electron chi connectivity index (χ3n) is 2.79. The molecule has 0 aliphatic rings. The van der Waals surface area contributed by atoms with E-state index in [0.29, 0.717) is 0 Å². The van der Waals surface area contributed by atoms with E-state index in [1.807, 2.05) is 6.92 Å². The van der Waals surface area contributed by atoms with E-state index in [4.69, 9.17) is 0 Å².